The summed E-state index contributed by atoms with van der Waals surface area (Å²) < 4.78 is 6.09. The topological polar surface area (TPSA) is 23.3 Å². The van der Waals surface area contributed by atoms with Crippen LogP contribution in [0, 0.1) is 0 Å². The van der Waals surface area contributed by atoms with Gasteiger partial charge in [0.25, 0.3) is 0 Å². The summed E-state index contributed by atoms with van der Waals surface area (Å²) in [7, 11) is -0.675. The van der Waals surface area contributed by atoms with Crippen LogP contribution in [0.5, 0.6) is 0 Å². The summed E-state index contributed by atoms with van der Waals surface area (Å²) in [6, 6.07) is 31.9. The van der Waals surface area contributed by atoms with Crippen molar-refractivity contribution in [1.29, 1.82) is 0 Å². The normalized spacial score (nSPS) is 20.4. The molecule has 0 spiro atoms. The van der Waals surface area contributed by atoms with Gasteiger partial charge >= 0.3 is 0 Å². The molecule has 2 aliphatic rings. The molecule has 29 heavy (non-hydrogen) atoms. The average Bonchev–Trinajstić information content (AvgIpc) is 3.46. The standard InChI is InChI=1S/C26H21NOP/c1-4-11-20(12-5-1)24-19-28-26(27-24)23-17-10-18-25(23)29(21-13-6-2-7-14-21)22-15-8-3-9-16-22/h1-18,24H,19H2/q-1/b26-23+/t24-/m1/s1. The van der Waals surface area contributed by atoms with Gasteiger partial charge in [-0.2, -0.15) is 0 Å². The highest BCUT2D eigenvalue weighted by molar-refractivity contribution is 7.77. The van der Waals surface area contributed by atoms with Crippen LogP contribution in [0.3, 0.4) is 0 Å². The summed E-state index contributed by atoms with van der Waals surface area (Å²) in [6.45, 7) is 0.596. The maximum absolute atomic E-state index is 6.09. The molecule has 1 fully saturated rings. The molecule has 0 amide bonds. The summed E-state index contributed by atoms with van der Waals surface area (Å²) in [6.07, 6.45) is 6.49. The fourth-order valence-electron chi connectivity index (χ4n) is 3.74. The lowest BCUT2D eigenvalue weighted by Crippen LogP contribution is -2.13. The Morgan fingerprint density at radius 3 is 1.97 bits per heavy atom. The van der Waals surface area contributed by atoms with E-state index in [2.05, 4.69) is 103 Å². The number of benzene rings is 3. The van der Waals surface area contributed by atoms with Crippen molar-refractivity contribution >= 4 is 18.5 Å². The Kier molecular flexibility index (Phi) is 5.02. The van der Waals surface area contributed by atoms with Crippen LogP contribution in [-0.2, 0) is 4.74 Å². The van der Waals surface area contributed by atoms with Crippen LogP contribution >= 0.6 is 7.92 Å². The van der Waals surface area contributed by atoms with E-state index in [1.54, 1.807) is 0 Å². The van der Waals surface area contributed by atoms with Crippen molar-refractivity contribution < 1.29 is 4.74 Å². The predicted molar refractivity (Wildman–Crippen MR) is 122 cm³/mol. The van der Waals surface area contributed by atoms with E-state index in [0.717, 1.165) is 11.5 Å². The van der Waals surface area contributed by atoms with E-state index in [1.165, 1.54) is 21.5 Å². The quantitative estimate of drug-likeness (QED) is 0.503. The highest BCUT2D eigenvalue weighted by atomic mass is 31.1. The predicted octanol–water partition coefficient (Wildman–Crippen LogP) is 5.93. The summed E-state index contributed by atoms with van der Waals surface area (Å²) in [5, 5.41) is 8.90. The molecule has 3 aromatic carbocycles. The molecule has 142 valence electrons. The minimum absolute atomic E-state index is 0.0635. The van der Waals surface area contributed by atoms with E-state index in [9.17, 15) is 0 Å². The van der Waals surface area contributed by atoms with E-state index in [4.69, 9.17) is 10.1 Å². The second kappa shape index (κ2) is 8.11. The van der Waals surface area contributed by atoms with Crippen molar-refractivity contribution in [3.8, 4) is 0 Å². The lowest BCUT2D eigenvalue weighted by Gasteiger charge is -2.26. The van der Waals surface area contributed by atoms with E-state index < -0.39 is 7.92 Å². The van der Waals surface area contributed by atoms with Gasteiger partial charge in [0.1, 0.15) is 0 Å². The molecule has 3 aromatic rings. The first-order chi connectivity index (χ1) is 14.4. The van der Waals surface area contributed by atoms with Gasteiger partial charge in [0, 0.05) is 11.5 Å². The van der Waals surface area contributed by atoms with Crippen molar-refractivity contribution in [2.24, 2.45) is 0 Å². The van der Waals surface area contributed by atoms with E-state index in [-0.39, 0.29) is 6.04 Å². The zero-order valence-corrected chi connectivity index (χ0v) is 16.9. The minimum Gasteiger partial charge on any atom is -0.644 e. The molecule has 1 aliphatic carbocycles. The highest BCUT2D eigenvalue weighted by Crippen LogP contribution is 2.51. The maximum atomic E-state index is 6.09. The molecule has 5 rings (SSSR count). The van der Waals surface area contributed by atoms with Crippen LogP contribution in [-0.4, -0.2) is 6.61 Å². The van der Waals surface area contributed by atoms with Crippen molar-refractivity contribution in [3.05, 3.63) is 137 Å². The molecule has 0 N–H and O–H groups in total. The first-order valence-electron chi connectivity index (χ1n) is 9.82. The molecular weight excluding hydrogens is 373 g/mol. The Bertz CT molecular complexity index is 1030. The van der Waals surface area contributed by atoms with Gasteiger partial charge in [0.2, 0.25) is 0 Å². The van der Waals surface area contributed by atoms with Gasteiger partial charge in [-0.25, -0.2) is 0 Å². The Balaban J connectivity index is 1.52. The van der Waals surface area contributed by atoms with Crippen LogP contribution in [0.1, 0.15) is 11.6 Å². The van der Waals surface area contributed by atoms with Crippen LogP contribution in [0.2, 0.25) is 0 Å². The van der Waals surface area contributed by atoms with Crippen molar-refractivity contribution in [2.75, 3.05) is 6.61 Å². The third-order valence-electron chi connectivity index (χ3n) is 5.13. The van der Waals surface area contributed by atoms with Gasteiger partial charge in [-0.1, -0.05) is 121 Å². The highest BCUT2D eigenvalue weighted by Gasteiger charge is 2.25. The minimum atomic E-state index is -0.675. The SMILES string of the molecule is C1=C/C(=C2/[N-][C@@H](c3ccccc3)CO2)C(P(c2ccccc2)c2ccccc2)=C1. The van der Waals surface area contributed by atoms with Gasteiger partial charge in [-0.3, -0.25) is 0 Å². The molecule has 0 radical (unpaired) electrons. The largest absolute Gasteiger partial charge is 0.644 e. The smallest absolute Gasteiger partial charge is 0.0764 e. The van der Waals surface area contributed by atoms with Crippen molar-refractivity contribution in [3.63, 3.8) is 0 Å². The van der Waals surface area contributed by atoms with Gasteiger partial charge in [-0.15, -0.1) is 0 Å². The third-order valence-corrected chi connectivity index (χ3v) is 7.63. The second-order valence-electron chi connectivity index (χ2n) is 7.00. The van der Waals surface area contributed by atoms with Crippen LogP contribution in [0.4, 0.5) is 0 Å². The Labute approximate surface area is 173 Å². The summed E-state index contributed by atoms with van der Waals surface area (Å²) in [5.74, 6) is 0.762. The average molecular weight is 394 g/mol. The lowest BCUT2D eigenvalue weighted by molar-refractivity contribution is 0.255. The molecule has 2 nitrogen and oxygen atoms in total. The molecule has 1 heterocycles. The zero-order chi connectivity index (χ0) is 19.5. The van der Waals surface area contributed by atoms with Crippen molar-refractivity contribution in [2.45, 2.75) is 6.04 Å². The number of ether oxygens (including phenoxy) is 1. The van der Waals surface area contributed by atoms with Crippen molar-refractivity contribution in [1.82, 2.24) is 0 Å². The monoisotopic (exact) mass is 394 g/mol. The van der Waals surface area contributed by atoms with Gasteiger partial charge in [-0.05, 0) is 23.8 Å². The van der Waals surface area contributed by atoms with E-state index >= 15 is 0 Å². The van der Waals surface area contributed by atoms with E-state index in [0.29, 0.717) is 6.61 Å². The number of nitrogens with zero attached hydrogens (tertiary/aromatic N) is 1. The van der Waals surface area contributed by atoms with Crippen LogP contribution in [0.15, 0.2) is 126 Å². The van der Waals surface area contributed by atoms with Gasteiger partial charge in [0.15, 0.2) is 0 Å². The second-order valence-corrected chi connectivity index (χ2v) is 9.19. The fraction of sp³-hybridized carbons (Fsp3) is 0.0769. The number of hydrogen-bond donors (Lipinski definition) is 0. The molecule has 0 bridgehead atoms. The first-order valence-corrected chi connectivity index (χ1v) is 11.2. The molecule has 0 aromatic heterocycles. The molecule has 3 heteroatoms. The summed E-state index contributed by atoms with van der Waals surface area (Å²) in [4.78, 5) is 0. The lowest BCUT2D eigenvalue weighted by atomic mass is 10.1. The molecule has 1 atom stereocenters. The molecule has 1 aliphatic heterocycles. The van der Waals surface area contributed by atoms with Gasteiger partial charge in [0.05, 0.1) is 6.61 Å². The number of hydrogen-bond acceptors (Lipinski definition) is 1. The fourth-order valence-corrected chi connectivity index (χ4v) is 6.18. The van der Waals surface area contributed by atoms with Crippen LogP contribution < -0.4 is 10.6 Å². The van der Waals surface area contributed by atoms with E-state index in [1.807, 2.05) is 6.07 Å². The number of allylic oxidation sites excluding steroid dienone is 5. The first kappa shape index (κ1) is 18.0. The molecule has 0 saturated carbocycles. The Morgan fingerprint density at radius 2 is 1.34 bits per heavy atom. The van der Waals surface area contributed by atoms with Gasteiger partial charge < -0.3 is 10.1 Å². The molecule has 0 unspecified atom stereocenters. The summed E-state index contributed by atoms with van der Waals surface area (Å²) in [5.41, 5.74) is 2.31. The number of rotatable bonds is 4. The Morgan fingerprint density at radius 1 is 0.759 bits per heavy atom. The third kappa shape index (κ3) is 3.64. The summed E-state index contributed by atoms with van der Waals surface area (Å²) >= 11 is 0. The molecule has 1 saturated heterocycles. The molecular formula is C26H21NOP-. The Hall–Kier alpha value is -3.09. The van der Waals surface area contributed by atoms with Crippen LogP contribution in [0.25, 0.3) is 5.32 Å². The maximum Gasteiger partial charge on any atom is 0.0764 e. The zero-order valence-electron chi connectivity index (χ0n) is 16.0.